The summed E-state index contributed by atoms with van der Waals surface area (Å²) in [6.45, 7) is 7.00. The fourth-order valence-electron chi connectivity index (χ4n) is 11.1. The lowest BCUT2D eigenvalue weighted by atomic mass is 9.77. The SMILES string of the molecule is CCCCCCCCCCc1c(-c2c3ccccc3cc3ccccc23)cc(-c2c3ccccc3cc3ccccc23)c(CCCCCCCCCC)c1CCCCCCCCCC. The minimum atomic E-state index is 1.16. The Bertz CT molecular complexity index is 2210. The smallest absolute Gasteiger partial charge is 0.00237 e. The highest BCUT2D eigenvalue weighted by atomic mass is 14.3. The Hall–Kier alpha value is -4.42. The van der Waals surface area contributed by atoms with Gasteiger partial charge in [0, 0.05) is 0 Å². The van der Waals surface area contributed by atoms with Gasteiger partial charge < -0.3 is 0 Å². The molecule has 0 heterocycles. The molecule has 7 aromatic carbocycles. The molecule has 338 valence electrons. The molecule has 0 N–H and O–H groups in total. The Labute approximate surface area is 389 Å². The van der Waals surface area contributed by atoms with Crippen molar-refractivity contribution in [2.45, 2.75) is 194 Å². The fourth-order valence-corrected chi connectivity index (χ4v) is 11.1. The van der Waals surface area contributed by atoms with Crippen LogP contribution < -0.4 is 0 Å². The summed E-state index contributed by atoms with van der Waals surface area (Å²) in [6.07, 6.45) is 35.9. The van der Waals surface area contributed by atoms with E-state index in [1.807, 2.05) is 0 Å². The first-order chi connectivity index (χ1) is 31.7. The molecular weight excluding hydrogens is 769 g/mol. The topological polar surface area (TPSA) is 0 Å². The lowest BCUT2D eigenvalue weighted by molar-refractivity contribution is 0.567. The van der Waals surface area contributed by atoms with Gasteiger partial charge in [-0.1, -0.05) is 253 Å². The predicted octanol–water partition coefficient (Wildman–Crippen LogP) is 20.7. The van der Waals surface area contributed by atoms with Gasteiger partial charge in [0.05, 0.1) is 0 Å². The average molecular weight is 851 g/mol. The van der Waals surface area contributed by atoms with Crippen molar-refractivity contribution in [2.75, 3.05) is 0 Å². The molecule has 0 amide bonds. The second-order valence-corrected chi connectivity index (χ2v) is 19.5. The fraction of sp³-hybridized carbons (Fsp3) is 0.469. The Balaban J connectivity index is 1.43. The molecule has 0 aliphatic rings. The molecule has 0 nitrogen and oxygen atoms in total. The van der Waals surface area contributed by atoms with E-state index in [1.165, 1.54) is 226 Å². The van der Waals surface area contributed by atoms with Crippen LogP contribution in [0.25, 0.3) is 65.3 Å². The maximum atomic E-state index is 2.75. The average Bonchev–Trinajstić information content (AvgIpc) is 3.33. The molecule has 0 unspecified atom stereocenters. The van der Waals surface area contributed by atoms with Gasteiger partial charge in [-0.15, -0.1) is 0 Å². The summed E-state index contributed by atoms with van der Waals surface area (Å²) in [7, 11) is 0. The first kappa shape index (κ1) is 47.5. The standard InChI is InChI=1S/C64H82/c1-4-7-10-13-16-19-22-25-44-58-59(45-26-23-20-17-14-11-8-5-2)61(63-54-40-32-28-36-50(54)47-51-37-29-33-41-55(51)63)49-62(60(58)46-27-24-21-18-15-12-9-6-3)64-56-42-34-30-38-52(56)48-53-39-31-35-43-57(53)64/h28-43,47-49H,4-27,44-46H2,1-3H3. The van der Waals surface area contributed by atoms with Crippen molar-refractivity contribution in [1.82, 2.24) is 0 Å². The highest BCUT2D eigenvalue weighted by Crippen LogP contribution is 2.47. The third-order valence-electron chi connectivity index (χ3n) is 14.6. The zero-order chi connectivity index (χ0) is 44.2. The van der Waals surface area contributed by atoms with Crippen molar-refractivity contribution < 1.29 is 0 Å². The summed E-state index contributed by atoms with van der Waals surface area (Å²) >= 11 is 0. The summed E-state index contributed by atoms with van der Waals surface area (Å²) in [6, 6.07) is 44.7. The van der Waals surface area contributed by atoms with Crippen LogP contribution in [0.1, 0.15) is 192 Å². The Kier molecular flexibility index (Phi) is 19.2. The molecule has 0 fully saturated rings. The van der Waals surface area contributed by atoms with E-state index < -0.39 is 0 Å². The van der Waals surface area contributed by atoms with Crippen molar-refractivity contribution >= 4 is 43.1 Å². The molecule has 0 spiro atoms. The van der Waals surface area contributed by atoms with Gasteiger partial charge in [-0.25, -0.2) is 0 Å². The molecule has 64 heavy (non-hydrogen) atoms. The van der Waals surface area contributed by atoms with Gasteiger partial charge in [-0.3, -0.25) is 0 Å². The molecule has 0 aliphatic carbocycles. The van der Waals surface area contributed by atoms with Crippen LogP contribution in [0.4, 0.5) is 0 Å². The van der Waals surface area contributed by atoms with E-state index in [0.717, 1.165) is 12.8 Å². The zero-order valence-electron chi connectivity index (χ0n) is 40.6. The number of hydrogen-bond acceptors (Lipinski definition) is 0. The van der Waals surface area contributed by atoms with Gasteiger partial charge in [0.1, 0.15) is 0 Å². The maximum absolute atomic E-state index is 2.75. The number of unbranched alkanes of at least 4 members (excludes halogenated alkanes) is 21. The Morgan fingerprint density at radius 1 is 0.250 bits per heavy atom. The first-order valence-corrected chi connectivity index (χ1v) is 26.7. The Morgan fingerprint density at radius 2 is 0.500 bits per heavy atom. The summed E-state index contributed by atoms with van der Waals surface area (Å²) < 4.78 is 0. The van der Waals surface area contributed by atoms with Crippen LogP contribution in [-0.4, -0.2) is 0 Å². The molecule has 0 saturated heterocycles. The van der Waals surface area contributed by atoms with E-state index in [-0.39, 0.29) is 0 Å². The van der Waals surface area contributed by atoms with Gasteiger partial charge in [0.2, 0.25) is 0 Å². The molecule has 0 saturated carbocycles. The Morgan fingerprint density at radius 3 is 0.797 bits per heavy atom. The number of hydrogen-bond donors (Lipinski definition) is 0. The first-order valence-electron chi connectivity index (χ1n) is 26.7. The largest absolute Gasteiger partial charge is 0.0654 e. The summed E-state index contributed by atoms with van der Waals surface area (Å²) in [5, 5.41) is 10.9. The second-order valence-electron chi connectivity index (χ2n) is 19.5. The van der Waals surface area contributed by atoms with Gasteiger partial charge in [-0.05, 0) is 139 Å². The van der Waals surface area contributed by atoms with Crippen molar-refractivity contribution in [3.05, 3.63) is 132 Å². The quantitative estimate of drug-likeness (QED) is 0.0325. The van der Waals surface area contributed by atoms with E-state index in [1.54, 1.807) is 16.7 Å². The molecule has 0 bridgehead atoms. The summed E-state index contributed by atoms with van der Waals surface area (Å²) in [5.41, 5.74) is 10.9. The number of rotatable bonds is 29. The normalized spacial score (nSPS) is 11.8. The minimum Gasteiger partial charge on any atom is -0.0654 e. The third kappa shape index (κ3) is 12.5. The van der Waals surface area contributed by atoms with Gasteiger partial charge in [0.15, 0.2) is 0 Å². The predicted molar refractivity (Wildman–Crippen MR) is 286 cm³/mol. The van der Waals surface area contributed by atoms with Crippen LogP contribution in [0.15, 0.2) is 115 Å². The van der Waals surface area contributed by atoms with E-state index in [0.29, 0.717) is 0 Å². The van der Waals surface area contributed by atoms with Crippen molar-refractivity contribution in [1.29, 1.82) is 0 Å². The van der Waals surface area contributed by atoms with E-state index >= 15 is 0 Å². The minimum absolute atomic E-state index is 1.16. The molecule has 0 aliphatic heterocycles. The molecule has 0 aromatic heterocycles. The molecule has 0 radical (unpaired) electrons. The zero-order valence-corrected chi connectivity index (χ0v) is 40.6. The summed E-state index contributed by atoms with van der Waals surface area (Å²) in [5.74, 6) is 0. The van der Waals surface area contributed by atoms with Crippen LogP contribution in [0.2, 0.25) is 0 Å². The number of benzene rings is 7. The van der Waals surface area contributed by atoms with Crippen LogP contribution in [0.3, 0.4) is 0 Å². The van der Waals surface area contributed by atoms with E-state index in [4.69, 9.17) is 0 Å². The van der Waals surface area contributed by atoms with Crippen LogP contribution in [-0.2, 0) is 19.3 Å². The van der Waals surface area contributed by atoms with Crippen LogP contribution >= 0.6 is 0 Å². The molecular formula is C64H82. The lowest BCUT2D eigenvalue weighted by Crippen LogP contribution is -2.08. The highest BCUT2D eigenvalue weighted by Gasteiger charge is 2.24. The van der Waals surface area contributed by atoms with Gasteiger partial charge in [0.25, 0.3) is 0 Å². The molecule has 0 heteroatoms. The molecule has 7 rings (SSSR count). The lowest BCUT2D eigenvalue weighted by Gasteiger charge is -2.26. The number of fused-ring (bicyclic) bond motifs is 4. The van der Waals surface area contributed by atoms with Gasteiger partial charge in [-0.2, -0.15) is 0 Å². The van der Waals surface area contributed by atoms with Crippen molar-refractivity contribution in [2.24, 2.45) is 0 Å². The monoisotopic (exact) mass is 851 g/mol. The van der Waals surface area contributed by atoms with Crippen molar-refractivity contribution in [3.63, 3.8) is 0 Å². The van der Waals surface area contributed by atoms with E-state index in [9.17, 15) is 0 Å². The van der Waals surface area contributed by atoms with Crippen molar-refractivity contribution in [3.8, 4) is 22.3 Å². The molecule has 7 aromatic rings. The highest BCUT2D eigenvalue weighted by molar-refractivity contribution is 6.16. The third-order valence-corrected chi connectivity index (χ3v) is 14.6. The van der Waals surface area contributed by atoms with Crippen LogP contribution in [0, 0.1) is 0 Å². The second kappa shape index (κ2) is 25.9. The van der Waals surface area contributed by atoms with E-state index in [2.05, 4.69) is 136 Å². The summed E-state index contributed by atoms with van der Waals surface area (Å²) in [4.78, 5) is 0. The maximum Gasteiger partial charge on any atom is -0.00237 e. The molecule has 0 atom stereocenters. The van der Waals surface area contributed by atoms with Crippen LogP contribution in [0.5, 0.6) is 0 Å². The van der Waals surface area contributed by atoms with Gasteiger partial charge >= 0.3 is 0 Å².